The predicted molar refractivity (Wildman–Crippen MR) is 52.9 cm³/mol. The molecule has 1 N–H and O–H groups in total. The van der Waals surface area contributed by atoms with Gasteiger partial charge in [0, 0.05) is 0 Å². The Kier molecular flexibility index (Phi) is 4.24. The number of rotatable bonds is 4. The lowest BCUT2D eigenvalue weighted by Gasteiger charge is -2.14. The summed E-state index contributed by atoms with van der Waals surface area (Å²) >= 11 is 0. The van der Waals surface area contributed by atoms with Crippen LogP contribution in [0.2, 0.25) is 0 Å². The molecule has 0 saturated heterocycles. The van der Waals surface area contributed by atoms with Crippen molar-refractivity contribution in [3.05, 3.63) is 35.9 Å². The molecule has 2 atom stereocenters. The first-order valence-corrected chi connectivity index (χ1v) is 4.70. The maximum absolute atomic E-state index is 13.6. The van der Waals surface area contributed by atoms with Gasteiger partial charge in [0.1, 0.15) is 0 Å². The smallest absolute Gasteiger partial charge is 0.338 e. The first-order chi connectivity index (χ1) is 7.16. The van der Waals surface area contributed by atoms with Gasteiger partial charge in [-0.15, -0.1) is 0 Å². The number of hydrogen-bond acceptors (Lipinski definition) is 3. The van der Waals surface area contributed by atoms with Crippen molar-refractivity contribution in [3.63, 3.8) is 0 Å². The van der Waals surface area contributed by atoms with E-state index >= 15 is 0 Å². The van der Waals surface area contributed by atoms with E-state index in [9.17, 15) is 14.3 Å². The molecule has 0 aromatic heterocycles. The van der Waals surface area contributed by atoms with E-state index in [2.05, 4.69) is 4.74 Å². The van der Waals surface area contributed by atoms with E-state index in [4.69, 9.17) is 0 Å². The Morgan fingerprint density at radius 2 is 2.07 bits per heavy atom. The van der Waals surface area contributed by atoms with Crippen molar-refractivity contribution in [2.45, 2.75) is 19.2 Å². The van der Waals surface area contributed by atoms with Gasteiger partial charge in [0.2, 0.25) is 0 Å². The summed E-state index contributed by atoms with van der Waals surface area (Å²) in [6.45, 7) is 1.72. The molecule has 0 aliphatic heterocycles. The molecule has 15 heavy (non-hydrogen) atoms. The fourth-order valence-corrected chi connectivity index (χ4v) is 1.17. The number of esters is 1. The fourth-order valence-electron chi connectivity index (χ4n) is 1.17. The van der Waals surface area contributed by atoms with Crippen molar-refractivity contribution in [2.24, 2.45) is 0 Å². The predicted octanol–water partition coefficient (Wildman–Crippen LogP) is 1.62. The summed E-state index contributed by atoms with van der Waals surface area (Å²) in [4.78, 5) is 11.0. The van der Waals surface area contributed by atoms with Crippen LogP contribution in [0.25, 0.3) is 0 Å². The molecule has 4 heteroatoms. The third-order valence-electron chi connectivity index (χ3n) is 1.92. The molecule has 0 heterocycles. The van der Waals surface area contributed by atoms with Crippen LogP contribution >= 0.6 is 0 Å². The minimum absolute atomic E-state index is 0.122. The van der Waals surface area contributed by atoms with Crippen LogP contribution in [0.15, 0.2) is 30.3 Å². The molecule has 3 nitrogen and oxygen atoms in total. The molecular weight excluding hydrogens is 199 g/mol. The minimum atomic E-state index is -1.76. The largest absolute Gasteiger partial charge is 0.464 e. The monoisotopic (exact) mass is 212 g/mol. The van der Waals surface area contributed by atoms with Crippen molar-refractivity contribution >= 4 is 5.97 Å². The van der Waals surface area contributed by atoms with Crippen molar-refractivity contribution in [2.75, 3.05) is 6.61 Å². The number of carbonyl (C=O) groups is 1. The summed E-state index contributed by atoms with van der Waals surface area (Å²) in [7, 11) is 0. The van der Waals surface area contributed by atoms with Crippen LogP contribution in [-0.2, 0) is 9.53 Å². The number of alkyl halides is 1. The summed E-state index contributed by atoms with van der Waals surface area (Å²) in [6.07, 6.45) is -3.50. The number of aliphatic hydroxyl groups is 1. The van der Waals surface area contributed by atoms with Gasteiger partial charge in [0.25, 0.3) is 0 Å². The number of ether oxygens (including phenoxy) is 1. The standard InChI is InChI=1S/C11H13FO3/c1-2-15-11(14)10(13)9(12)8-6-4-3-5-7-8/h3-7,9-10,13H,2H2,1H3/t9-,10?/m0/s1. The van der Waals surface area contributed by atoms with Gasteiger partial charge < -0.3 is 9.84 Å². The van der Waals surface area contributed by atoms with E-state index in [0.717, 1.165) is 0 Å². The van der Waals surface area contributed by atoms with Crippen molar-refractivity contribution in [1.29, 1.82) is 0 Å². The van der Waals surface area contributed by atoms with Gasteiger partial charge in [0.15, 0.2) is 12.3 Å². The van der Waals surface area contributed by atoms with Crippen LogP contribution in [0.4, 0.5) is 4.39 Å². The van der Waals surface area contributed by atoms with Gasteiger partial charge in [-0.1, -0.05) is 30.3 Å². The highest BCUT2D eigenvalue weighted by atomic mass is 19.1. The van der Waals surface area contributed by atoms with Gasteiger partial charge in [0.05, 0.1) is 6.61 Å². The average Bonchev–Trinajstić information content (AvgIpc) is 2.28. The molecule has 0 bridgehead atoms. The summed E-state index contributed by atoms with van der Waals surface area (Å²) in [5, 5.41) is 9.32. The molecule has 0 amide bonds. The van der Waals surface area contributed by atoms with Crippen LogP contribution in [0.3, 0.4) is 0 Å². The SMILES string of the molecule is CCOC(=O)C(O)[C@@H](F)c1ccccc1. The zero-order valence-corrected chi connectivity index (χ0v) is 8.39. The Morgan fingerprint density at radius 1 is 1.47 bits per heavy atom. The maximum atomic E-state index is 13.6. The van der Waals surface area contributed by atoms with Crippen LogP contribution in [0.5, 0.6) is 0 Å². The van der Waals surface area contributed by atoms with Crippen molar-refractivity contribution in [3.8, 4) is 0 Å². The third kappa shape index (κ3) is 3.02. The normalized spacial score (nSPS) is 14.3. The van der Waals surface area contributed by atoms with Gasteiger partial charge in [-0.3, -0.25) is 0 Å². The number of hydrogen-bond donors (Lipinski definition) is 1. The summed E-state index contributed by atoms with van der Waals surface area (Å²) in [5.41, 5.74) is 0.262. The van der Waals surface area contributed by atoms with Crippen LogP contribution in [-0.4, -0.2) is 23.8 Å². The lowest BCUT2D eigenvalue weighted by molar-refractivity contribution is -0.156. The molecule has 1 aromatic carbocycles. The quantitative estimate of drug-likeness (QED) is 0.771. The molecule has 82 valence electrons. The lowest BCUT2D eigenvalue weighted by atomic mass is 10.1. The Hall–Kier alpha value is -1.42. The van der Waals surface area contributed by atoms with Crippen LogP contribution < -0.4 is 0 Å². The van der Waals surface area contributed by atoms with Gasteiger partial charge in [-0.25, -0.2) is 9.18 Å². The highest BCUT2D eigenvalue weighted by Gasteiger charge is 2.28. The number of benzene rings is 1. The molecular formula is C11H13FO3. The van der Waals surface area contributed by atoms with E-state index in [1.807, 2.05) is 0 Å². The number of carbonyl (C=O) groups excluding carboxylic acids is 1. The molecule has 0 saturated carbocycles. The first kappa shape index (κ1) is 11.7. The second-order valence-electron chi connectivity index (χ2n) is 3.01. The number of aliphatic hydroxyl groups excluding tert-OH is 1. The molecule has 0 radical (unpaired) electrons. The van der Waals surface area contributed by atoms with E-state index < -0.39 is 18.2 Å². The van der Waals surface area contributed by atoms with Crippen LogP contribution in [0, 0.1) is 0 Å². The highest BCUT2D eigenvalue weighted by Crippen LogP contribution is 2.21. The van der Waals surface area contributed by atoms with E-state index in [1.54, 1.807) is 25.1 Å². The maximum Gasteiger partial charge on any atom is 0.338 e. The second kappa shape index (κ2) is 5.46. The summed E-state index contributed by atoms with van der Waals surface area (Å²) < 4.78 is 18.1. The second-order valence-corrected chi connectivity index (χ2v) is 3.01. The molecule has 0 aliphatic rings. The molecule has 1 rings (SSSR count). The summed E-state index contributed by atoms with van der Waals surface area (Å²) in [6, 6.07) is 8.02. The lowest BCUT2D eigenvalue weighted by Crippen LogP contribution is -2.27. The average molecular weight is 212 g/mol. The topological polar surface area (TPSA) is 46.5 Å². The zero-order valence-electron chi connectivity index (χ0n) is 8.39. The Bertz CT molecular complexity index is 313. The molecule has 0 fully saturated rings. The van der Waals surface area contributed by atoms with E-state index in [0.29, 0.717) is 0 Å². The van der Waals surface area contributed by atoms with Gasteiger partial charge in [-0.05, 0) is 12.5 Å². The third-order valence-corrected chi connectivity index (χ3v) is 1.92. The molecule has 1 unspecified atom stereocenters. The van der Waals surface area contributed by atoms with Crippen molar-refractivity contribution in [1.82, 2.24) is 0 Å². The number of halogens is 1. The van der Waals surface area contributed by atoms with Gasteiger partial charge in [-0.2, -0.15) is 0 Å². The molecule has 0 aliphatic carbocycles. The minimum Gasteiger partial charge on any atom is -0.464 e. The van der Waals surface area contributed by atoms with Crippen LogP contribution in [0.1, 0.15) is 18.7 Å². The van der Waals surface area contributed by atoms with E-state index in [1.165, 1.54) is 12.1 Å². The fraction of sp³-hybridized carbons (Fsp3) is 0.364. The highest BCUT2D eigenvalue weighted by molar-refractivity contribution is 5.75. The van der Waals surface area contributed by atoms with Crippen molar-refractivity contribution < 1.29 is 19.0 Å². The van der Waals surface area contributed by atoms with E-state index in [-0.39, 0.29) is 12.2 Å². The van der Waals surface area contributed by atoms with Gasteiger partial charge >= 0.3 is 5.97 Å². The Balaban J connectivity index is 2.68. The molecule has 1 aromatic rings. The summed E-state index contributed by atoms with van der Waals surface area (Å²) in [5.74, 6) is -0.936. The Morgan fingerprint density at radius 3 is 2.60 bits per heavy atom. The first-order valence-electron chi connectivity index (χ1n) is 4.70. The zero-order chi connectivity index (χ0) is 11.3. The Labute approximate surface area is 87.5 Å². The molecule has 0 spiro atoms.